The average molecular weight is 300 g/mol. The van der Waals surface area contributed by atoms with E-state index in [4.69, 9.17) is 5.73 Å². The predicted molar refractivity (Wildman–Crippen MR) is 77.1 cm³/mol. The number of nitrogens with two attached hydrogens (primary N) is 1. The molecule has 2 rings (SSSR count). The lowest BCUT2D eigenvalue weighted by Crippen LogP contribution is -2.33. The Labute approximate surface area is 118 Å². The molecule has 0 bridgehead atoms. The van der Waals surface area contributed by atoms with Crippen molar-refractivity contribution < 1.29 is 8.42 Å². The highest BCUT2D eigenvalue weighted by molar-refractivity contribution is 7.91. The van der Waals surface area contributed by atoms with Crippen LogP contribution in [0.2, 0.25) is 0 Å². The van der Waals surface area contributed by atoms with Crippen LogP contribution in [0.3, 0.4) is 0 Å². The van der Waals surface area contributed by atoms with Gasteiger partial charge in [-0.05, 0) is 13.5 Å². The van der Waals surface area contributed by atoms with Gasteiger partial charge in [0, 0.05) is 20.1 Å². The van der Waals surface area contributed by atoms with Gasteiger partial charge in [-0.15, -0.1) is 0 Å². The molecule has 2 N–H and O–H groups in total. The molecule has 1 aliphatic heterocycles. The molecule has 8 nitrogen and oxygen atoms in total. The third-order valence-corrected chi connectivity index (χ3v) is 5.06. The molecule has 0 amide bonds. The minimum atomic E-state index is -2.89. The van der Waals surface area contributed by atoms with Gasteiger partial charge in [0.1, 0.15) is 5.82 Å². The van der Waals surface area contributed by atoms with Gasteiger partial charge in [-0.2, -0.15) is 15.0 Å². The van der Waals surface area contributed by atoms with E-state index in [9.17, 15) is 8.42 Å². The third kappa shape index (κ3) is 3.54. The molecule has 112 valence electrons. The van der Waals surface area contributed by atoms with Crippen LogP contribution in [-0.4, -0.2) is 67.0 Å². The highest BCUT2D eigenvalue weighted by atomic mass is 32.2. The van der Waals surface area contributed by atoms with Crippen molar-refractivity contribution in [3.63, 3.8) is 0 Å². The standard InChI is InChI=1S/C11H20N6O2S/c1-16(2)11-14-9(13-10(12)15-11)6-17(3)8-4-5-20(18,19)7-8/h8H,4-7H2,1-3H3,(H2,12,13,14,15). The van der Waals surface area contributed by atoms with Crippen molar-refractivity contribution in [1.82, 2.24) is 19.9 Å². The summed E-state index contributed by atoms with van der Waals surface area (Å²) in [5, 5.41) is 0. The van der Waals surface area contributed by atoms with Gasteiger partial charge in [-0.1, -0.05) is 0 Å². The molecular weight excluding hydrogens is 280 g/mol. The fraction of sp³-hybridized carbons (Fsp3) is 0.727. The molecular formula is C11H20N6O2S. The second-order valence-corrected chi connectivity index (χ2v) is 7.50. The minimum absolute atomic E-state index is 0.0146. The zero-order valence-corrected chi connectivity index (χ0v) is 12.8. The van der Waals surface area contributed by atoms with E-state index in [-0.39, 0.29) is 23.5 Å². The first-order valence-electron chi connectivity index (χ1n) is 6.35. The van der Waals surface area contributed by atoms with Crippen LogP contribution in [0.1, 0.15) is 12.2 Å². The summed E-state index contributed by atoms with van der Waals surface area (Å²) in [6, 6.07) is 0.0146. The summed E-state index contributed by atoms with van der Waals surface area (Å²) in [4.78, 5) is 16.2. The van der Waals surface area contributed by atoms with Gasteiger partial charge in [-0.3, -0.25) is 4.90 Å². The van der Waals surface area contributed by atoms with E-state index in [1.165, 1.54) is 0 Å². The second kappa shape index (κ2) is 5.49. The predicted octanol–water partition coefficient (Wildman–Crippen LogP) is -0.861. The number of nitrogens with zero attached hydrogens (tertiary/aromatic N) is 5. The Kier molecular flexibility index (Phi) is 4.09. The van der Waals surface area contributed by atoms with E-state index in [0.29, 0.717) is 24.7 Å². The van der Waals surface area contributed by atoms with Crippen molar-refractivity contribution in [3.05, 3.63) is 5.82 Å². The van der Waals surface area contributed by atoms with Crippen molar-refractivity contribution in [2.45, 2.75) is 19.0 Å². The molecule has 1 saturated heterocycles. The summed E-state index contributed by atoms with van der Waals surface area (Å²) in [6.07, 6.45) is 0.653. The highest BCUT2D eigenvalue weighted by Crippen LogP contribution is 2.18. The quantitative estimate of drug-likeness (QED) is 0.765. The van der Waals surface area contributed by atoms with Crippen LogP contribution in [0.15, 0.2) is 0 Å². The van der Waals surface area contributed by atoms with Crippen LogP contribution in [0.4, 0.5) is 11.9 Å². The Hall–Kier alpha value is -1.48. The summed E-state index contributed by atoms with van der Waals surface area (Å²) in [6.45, 7) is 0.452. The summed E-state index contributed by atoms with van der Waals surface area (Å²) >= 11 is 0. The molecule has 1 unspecified atom stereocenters. The van der Waals surface area contributed by atoms with Crippen molar-refractivity contribution in [2.75, 3.05) is 43.3 Å². The summed E-state index contributed by atoms with van der Waals surface area (Å²) in [7, 11) is 2.64. The van der Waals surface area contributed by atoms with Crippen LogP contribution in [0, 0.1) is 0 Å². The van der Waals surface area contributed by atoms with Gasteiger partial charge < -0.3 is 10.6 Å². The van der Waals surface area contributed by atoms with E-state index < -0.39 is 9.84 Å². The molecule has 0 aromatic carbocycles. The number of hydrogen-bond donors (Lipinski definition) is 1. The molecule has 2 heterocycles. The van der Waals surface area contributed by atoms with E-state index in [0.717, 1.165) is 0 Å². The first-order valence-corrected chi connectivity index (χ1v) is 8.17. The van der Waals surface area contributed by atoms with Gasteiger partial charge in [0.05, 0.1) is 18.1 Å². The molecule has 1 aliphatic rings. The smallest absolute Gasteiger partial charge is 0.229 e. The molecule has 1 atom stereocenters. The Morgan fingerprint density at radius 3 is 2.50 bits per heavy atom. The second-order valence-electron chi connectivity index (χ2n) is 5.28. The van der Waals surface area contributed by atoms with Crippen LogP contribution < -0.4 is 10.6 Å². The molecule has 0 aliphatic carbocycles. The highest BCUT2D eigenvalue weighted by Gasteiger charge is 2.30. The Bertz CT molecular complexity index is 589. The van der Waals surface area contributed by atoms with E-state index in [1.54, 1.807) is 4.90 Å². The zero-order valence-electron chi connectivity index (χ0n) is 11.9. The Morgan fingerprint density at radius 1 is 1.25 bits per heavy atom. The van der Waals surface area contributed by atoms with Crippen LogP contribution >= 0.6 is 0 Å². The fourth-order valence-corrected chi connectivity index (χ4v) is 3.98. The molecule has 1 aromatic heterocycles. The summed E-state index contributed by atoms with van der Waals surface area (Å²) in [5.41, 5.74) is 5.67. The number of nitrogen functional groups attached to an aromatic ring is 1. The summed E-state index contributed by atoms with van der Waals surface area (Å²) in [5.74, 6) is 1.67. The van der Waals surface area contributed by atoms with Gasteiger partial charge >= 0.3 is 0 Å². The molecule has 1 aromatic rings. The number of hydrogen-bond acceptors (Lipinski definition) is 8. The summed E-state index contributed by atoms with van der Waals surface area (Å²) < 4.78 is 23.0. The average Bonchev–Trinajstić information content (AvgIpc) is 2.69. The molecule has 0 saturated carbocycles. The Morgan fingerprint density at radius 2 is 1.95 bits per heavy atom. The maximum Gasteiger partial charge on any atom is 0.229 e. The van der Waals surface area contributed by atoms with Crippen molar-refractivity contribution in [2.24, 2.45) is 0 Å². The topological polar surface area (TPSA) is 105 Å². The molecule has 1 fully saturated rings. The maximum atomic E-state index is 11.5. The lowest BCUT2D eigenvalue weighted by atomic mass is 10.2. The number of aromatic nitrogens is 3. The SMILES string of the molecule is CN(C)c1nc(N)nc(CN(C)C2CCS(=O)(=O)C2)n1. The van der Waals surface area contributed by atoms with Gasteiger partial charge in [0.15, 0.2) is 9.84 Å². The van der Waals surface area contributed by atoms with E-state index in [2.05, 4.69) is 15.0 Å². The lowest BCUT2D eigenvalue weighted by Gasteiger charge is -2.22. The zero-order chi connectivity index (χ0) is 14.9. The van der Waals surface area contributed by atoms with Gasteiger partial charge in [0.25, 0.3) is 0 Å². The lowest BCUT2D eigenvalue weighted by molar-refractivity contribution is 0.248. The molecule has 0 radical (unpaired) electrons. The van der Waals surface area contributed by atoms with Crippen LogP contribution in [-0.2, 0) is 16.4 Å². The molecule has 20 heavy (non-hydrogen) atoms. The monoisotopic (exact) mass is 300 g/mol. The van der Waals surface area contributed by atoms with Crippen LogP contribution in [0.5, 0.6) is 0 Å². The molecule has 0 spiro atoms. The number of rotatable bonds is 4. The van der Waals surface area contributed by atoms with E-state index in [1.807, 2.05) is 26.0 Å². The van der Waals surface area contributed by atoms with Gasteiger partial charge in [-0.25, -0.2) is 8.42 Å². The number of sulfone groups is 1. The van der Waals surface area contributed by atoms with Crippen molar-refractivity contribution in [1.29, 1.82) is 0 Å². The Balaban J connectivity index is 2.10. The first-order chi connectivity index (χ1) is 9.27. The first kappa shape index (κ1) is 14.9. The maximum absolute atomic E-state index is 11.5. The minimum Gasteiger partial charge on any atom is -0.368 e. The van der Waals surface area contributed by atoms with E-state index >= 15 is 0 Å². The van der Waals surface area contributed by atoms with Gasteiger partial charge in [0.2, 0.25) is 11.9 Å². The molecule has 9 heteroatoms. The number of anilines is 2. The van der Waals surface area contributed by atoms with Crippen molar-refractivity contribution >= 4 is 21.7 Å². The third-order valence-electron chi connectivity index (χ3n) is 3.31. The fourth-order valence-electron chi connectivity index (χ4n) is 2.17. The largest absolute Gasteiger partial charge is 0.368 e. The normalized spacial score (nSPS) is 21.3. The van der Waals surface area contributed by atoms with Crippen molar-refractivity contribution in [3.8, 4) is 0 Å². The van der Waals surface area contributed by atoms with Crippen LogP contribution in [0.25, 0.3) is 0 Å².